The van der Waals surface area contributed by atoms with Crippen molar-refractivity contribution in [3.8, 4) is 5.75 Å². The molecule has 0 spiro atoms. The van der Waals surface area contributed by atoms with Crippen LogP contribution in [0.15, 0.2) is 72.9 Å². The minimum absolute atomic E-state index is 0.0596. The van der Waals surface area contributed by atoms with E-state index in [9.17, 15) is 9.59 Å². The first-order valence-corrected chi connectivity index (χ1v) is 17.2. The highest BCUT2D eigenvalue weighted by Gasteiger charge is 2.27. The summed E-state index contributed by atoms with van der Waals surface area (Å²) in [4.78, 5) is 31.5. The quantitative estimate of drug-likeness (QED) is 0.150. The van der Waals surface area contributed by atoms with Gasteiger partial charge in [0, 0.05) is 48.5 Å². The molecule has 0 N–H and O–H groups in total. The van der Waals surface area contributed by atoms with Gasteiger partial charge in [-0.25, -0.2) is 0 Å². The van der Waals surface area contributed by atoms with Crippen molar-refractivity contribution >= 4 is 22.5 Å². The summed E-state index contributed by atoms with van der Waals surface area (Å²) in [5.74, 6) is 1.38. The molecule has 0 radical (unpaired) electrons. The second kappa shape index (κ2) is 15.2. The lowest BCUT2D eigenvalue weighted by molar-refractivity contribution is 0.0812. The number of ether oxygens (including phenoxy) is 1. The number of Topliss-reactive ketones (excluding diaryl/α,β-unsaturated/α-hetero) is 2. The Balaban J connectivity index is 0.944. The van der Waals surface area contributed by atoms with Crippen molar-refractivity contribution in [3.63, 3.8) is 0 Å². The van der Waals surface area contributed by atoms with E-state index in [0.29, 0.717) is 6.61 Å². The van der Waals surface area contributed by atoms with E-state index in [4.69, 9.17) is 4.74 Å². The fraction of sp³-hybridized carbons (Fsp3) is 0.462. The van der Waals surface area contributed by atoms with Crippen LogP contribution in [0.25, 0.3) is 10.9 Å². The Morgan fingerprint density at radius 3 is 2.22 bits per heavy atom. The smallest absolute Gasteiger partial charge is 0.167 e. The molecule has 2 fully saturated rings. The average Bonchev–Trinajstić information content (AvgIpc) is 3.47. The van der Waals surface area contributed by atoms with Crippen LogP contribution >= 0.6 is 0 Å². The summed E-state index contributed by atoms with van der Waals surface area (Å²) in [6.07, 6.45) is 9.12. The van der Waals surface area contributed by atoms with Crippen LogP contribution in [0.1, 0.15) is 77.3 Å². The zero-order valence-electron chi connectivity index (χ0n) is 27.5. The van der Waals surface area contributed by atoms with Crippen LogP contribution < -0.4 is 4.74 Å². The zero-order valence-corrected chi connectivity index (χ0v) is 27.5. The van der Waals surface area contributed by atoms with E-state index in [-0.39, 0.29) is 23.4 Å². The number of carbonyl (C=O) groups excluding carboxylic acids is 2. The number of fused-ring (bicyclic) bond motifs is 1. The molecule has 7 nitrogen and oxygen atoms in total. The minimum Gasteiger partial charge on any atom is -0.489 e. The first-order chi connectivity index (χ1) is 22.5. The Labute approximate surface area is 273 Å². The Hall–Kier alpha value is -3.81. The Morgan fingerprint density at radius 2 is 1.50 bits per heavy atom. The predicted molar refractivity (Wildman–Crippen MR) is 184 cm³/mol. The number of benzene rings is 3. The number of ketones is 2. The molecule has 0 saturated carbocycles. The van der Waals surface area contributed by atoms with Gasteiger partial charge in [-0.05, 0) is 113 Å². The predicted octanol–water partition coefficient (Wildman–Crippen LogP) is 6.98. The number of hydrogen-bond acceptors (Lipinski definition) is 6. The molecule has 2 unspecified atom stereocenters. The number of aryl methyl sites for hydroxylation is 2. The molecule has 3 aromatic carbocycles. The maximum absolute atomic E-state index is 13.3. The number of carbonyl (C=O) groups is 2. The van der Waals surface area contributed by atoms with E-state index >= 15 is 0 Å². The molecule has 4 aromatic rings. The van der Waals surface area contributed by atoms with E-state index in [1.54, 1.807) is 0 Å². The fourth-order valence-electron chi connectivity index (χ4n) is 7.26. The topological polar surface area (TPSA) is 67.7 Å². The van der Waals surface area contributed by atoms with E-state index in [1.807, 2.05) is 60.4 Å². The molecule has 0 aliphatic carbocycles. The van der Waals surface area contributed by atoms with E-state index in [1.165, 1.54) is 5.56 Å². The third-order valence-corrected chi connectivity index (χ3v) is 9.81. The van der Waals surface area contributed by atoms with Gasteiger partial charge in [0.1, 0.15) is 12.4 Å². The molecule has 2 aliphatic heterocycles. The zero-order chi connectivity index (χ0) is 31.9. The monoisotopic (exact) mass is 620 g/mol. The van der Waals surface area contributed by atoms with Crippen molar-refractivity contribution in [2.75, 3.05) is 39.3 Å². The molecular weight excluding hydrogens is 572 g/mol. The minimum atomic E-state index is 0.0596. The van der Waals surface area contributed by atoms with Crippen molar-refractivity contribution in [1.29, 1.82) is 0 Å². The van der Waals surface area contributed by atoms with Gasteiger partial charge < -0.3 is 14.5 Å². The highest BCUT2D eigenvalue weighted by Crippen LogP contribution is 2.25. The van der Waals surface area contributed by atoms with Gasteiger partial charge in [0.05, 0.1) is 11.7 Å². The highest BCUT2D eigenvalue weighted by molar-refractivity contribution is 6.01. The van der Waals surface area contributed by atoms with Gasteiger partial charge in [0.15, 0.2) is 11.6 Å². The maximum atomic E-state index is 13.3. The normalized spacial score (nSPS) is 19.3. The van der Waals surface area contributed by atoms with E-state index in [2.05, 4.69) is 46.1 Å². The summed E-state index contributed by atoms with van der Waals surface area (Å²) in [5, 5.41) is 5.33. The number of hydrogen-bond donors (Lipinski definition) is 0. The summed E-state index contributed by atoms with van der Waals surface area (Å²) in [5.41, 5.74) is 5.04. The SMILES string of the molecule is CCCN1CCCC(C(=O)c2cccc(OCc3ccc(CCCN4CCCC(C(=O)c5ccc6c(cnn6C)c5)C4)cc3)c2)C1. The summed E-state index contributed by atoms with van der Waals surface area (Å²) in [6, 6.07) is 22.3. The second-order valence-corrected chi connectivity index (χ2v) is 13.3. The molecule has 1 aromatic heterocycles. The van der Waals surface area contributed by atoms with Crippen molar-refractivity contribution in [2.45, 2.75) is 58.5 Å². The van der Waals surface area contributed by atoms with Crippen LogP contribution in [0.5, 0.6) is 5.75 Å². The largest absolute Gasteiger partial charge is 0.489 e. The summed E-state index contributed by atoms with van der Waals surface area (Å²) < 4.78 is 7.96. The van der Waals surface area contributed by atoms with Crippen molar-refractivity contribution in [3.05, 3.63) is 95.2 Å². The molecule has 2 saturated heterocycles. The highest BCUT2D eigenvalue weighted by atomic mass is 16.5. The van der Waals surface area contributed by atoms with E-state index < -0.39 is 0 Å². The Morgan fingerprint density at radius 1 is 0.826 bits per heavy atom. The maximum Gasteiger partial charge on any atom is 0.167 e. The molecule has 0 amide bonds. The Bertz CT molecular complexity index is 1630. The number of nitrogens with zero attached hydrogens (tertiary/aromatic N) is 4. The molecule has 2 aliphatic rings. The first-order valence-electron chi connectivity index (χ1n) is 17.2. The number of piperidine rings is 2. The lowest BCUT2D eigenvalue weighted by Gasteiger charge is -2.32. The van der Waals surface area contributed by atoms with Crippen LogP contribution in [-0.4, -0.2) is 70.4 Å². The molecule has 7 heteroatoms. The van der Waals surface area contributed by atoms with Crippen LogP contribution in [-0.2, 0) is 20.1 Å². The standard InChI is InChI=1S/C39H48N4O3/c1-3-19-42-21-6-10-33(26-42)38(44)31-9-4-12-36(24-31)46-28-30-15-13-29(14-16-30)8-5-20-43-22-7-11-34(27-43)39(45)32-17-18-37-35(23-32)25-40-41(37)2/h4,9,12-18,23-25,33-34H,3,5-8,10-11,19-22,26-28H2,1-2H3. The second-order valence-electron chi connectivity index (χ2n) is 13.3. The van der Waals surface area contributed by atoms with Crippen LogP contribution in [0.4, 0.5) is 0 Å². The molecule has 242 valence electrons. The van der Waals surface area contributed by atoms with Gasteiger partial charge in [0.25, 0.3) is 0 Å². The number of aromatic nitrogens is 2. The third-order valence-electron chi connectivity index (χ3n) is 9.81. The Kier molecular flexibility index (Phi) is 10.6. The average molecular weight is 621 g/mol. The van der Waals surface area contributed by atoms with Crippen LogP contribution in [0.3, 0.4) is 0 Å². The molecular formula is C39H48N4O3. The van der Waals surface area contributed by atoms with Crippen molar-refractivity contribution in [2.24, 2.45) is 18.9 Å². The van der Waals surface area contributed by atoms with Gasteiger partial charge in [-0.1, -0.05) is 43.3 Å². The van der Waals surface area contributed by atoms with Gasteiger partial charge in [-0.3, -0.25) is 14.3 Å². The fourth-order valence-corrected chi connectivity index (χ4v) is 7.26. The van der Waals surface area contributed by atoms with Crippen LogP contribution in [0, 0.1) is 11.8 Å². The molecule has 46 heavy (non-hydrogen) atoms. The summed E-state index contributed by atoms with van der Waals surface area (Å²) in [6.45, 7) is 8.61. The van der Waals surface area contributed by atoms with Gasteiger partial charge in [-0.2, -0.15) is 5.10 Å². The molecule has 0 bridgehead atoms. The van der Waals surface area contributed by atoms with Gasteiger partial charge >= 0.3 is 0 Å². The lowest BCUT2D eigenvalue weighted by Crippen LogP contribution is -2.39. The third kappa shape index (κ3) is 7.94. The first kappa shape index (κ1) is 32.1. The molecule has 3 heterocycles. The molecule has 6 rings (SSSR count). The summed E-state index contributed by atoms with van der Waals surface area (Å²) >= 11 is 0. The van der Waals surface area contributed by atoms with Gasteiger partial charge in [-0.15, -0.1) is 0 Å². The number of likely N-dealkylation sites (tertiary alicyclic amines) is 2. The van der Waals surface area contributed by atoms with Crippen molar-refractivity contribution in [1.82, 2.24) is 19.6 Å². The lowest BCUT2D eigenvalue weighted by atomic mass is 9.89. The van der Waals surface area contributed by atoms with Crippen molar-refractivity contribution < 1.29 is 14.3 Å². The van der Waals surface area contributed by atoms with Crippen LogP contribution in [0.2, 0.25) is 0 Å². The molecule has 2 atom stereocenters. The summed E-state index contributed by atoms with van der Waals surface area (Å²) in [7, 11) is 1.93. The van der Waals surface area contributed by atoms with E-state index in [0.717, 1.165) is 118 Å². The van der Waals surface area contributed by atoms with Gasteiger partial charge in [0.2, 0.25) is 0 Å². The number of rotatable bonds is 13.